The Morgan fingerprint density at radius 2 is 2.04 bits per heavy atom. The maximum atomic E-state index is 9.54. The predicted molar refractivity (Wildman–Crippen MR) is 104 cm³/mol. The molecule has 3 aromatic rings. The molecule has 3 heterocycles. The number of nitriles is 1. The molecule has 0 N–H and O–H groups in total. The Hall–Kier alpha value is -2.98. The highest BCUT2D eigenvalue weighted by molar-refractivity contribution is 5.83. The first kappa shape index (κ1) is 17.4. The summed E-state index contributed by atoms with van der Waals surface area (Å²) in [7, 11) is 4.09. The van der Waals surface area contributed by atoms with Gasteiger partial charge in [0.25, 0.3) is 0 Å². The Morgan fingerprint density at radius 1 is 1.26 bits per heavy atom. The van der Waals surface area contributed by atoms with Crippen molar-refractivity contribution in [2.45, 2.75) is 25.4 Å². The molecule has 1 saturated heterocycles. The molecule has 0 bridgehead atoms. The van der Waals surface area contributed by atoms with Crippen LogP contribution in [0, 0.1) is 11.3 Å². The number of para-hydroxylation sites is 1. The predicted octanol–water partition coefficient (Wildman–Crippen LogP) is 2.60. The molecule has 0 atom stereocenters. The second kappa shape index (κ2) is 7.33. The average Bonchev–Trinajstić information content (AvgIpc) is 3.15. The highest BCUT2D eigenvalue weighted by Gasteiger charge is 2.20. The van der Waals surface area contributed by atoms with E-state index in [4.69, 9.17) is 0 Å². The van der Waals surface area contributed by atoms with Crippen molar-refractivity contribution in [2.24, 2.45) is 0 Å². The highest BCUT2D eigenvalue weighted by atomic mass is 15.4. The van der Waals surface area contributed by atoms with Gasteiger partial charge < -0.3 is 9.80 Å². The van der Waals surface area contributed by atoms with Crippen LogP contribution in [-0.2, 0) is 6.54 Å². The number of fused-ring (bicyclic) bond motifs is 1. The van der Waals surface area contributed by atoms with E-state index in [2.05, 4.69) is 33.3 Å². The molecule has 27 heavy (non-hydrogen) atoms. The SMILES string of the molecule is CN1CCC(n2cc(CN(C)c3nc4ccccc4cc3C#N)nn2)CC1. The molecule has 1 aromatic carbocycles. The number of hydrogen-bond donors (Lipinski definition) is 0. The first-order chi connectivity index (χ1) is 13.1. The standard InChI is InChI=1S/C20H23N7/c1-25-9-7-18(8-10-25)27-14-17(23-24-27)13-26(2)20-16(12-21)11-15-5-3-4-6-19(15)22-20/h3-6,11,14,18H,7-10,13H2,1-2H3. The summed E-state index contributed by atoms with van der Waals surface area (Å²) in [4.78, 5) is 9.00. The lowest BCUT2D eigenvalue weighted by atomic mass is 10.1. The van der Waals surface area contributed by atoms with Gasteiger partial charge in [-0.15, -0.1) is 5.10 Å². The van der Waals surface area contributed by atoms with Crippen LogP contribution in [0.4, 0.5) is 5.82 Å². The first-order valence-corrected chi connectivity index (χ1v) is 9.24. The zero-order valence-electron chi connectivity index (χ0n) is 15.7. The van der Waals surface area contributed by atoms with Crippen molar-refractivity contribution in [3.05, 3.63) is 47.8 Å². The molecule has 0 radical (unpaired) electrons. The fraction of sp³-hybridized carbons (Fsp3) is 0.400. The minimum atomic E-state index is 0.418. The Kier molecular flexibility index (Phi) is 4.73. The Morgan fingerprint density at radius 3 is 2.81 bits per heavy atom. The number of nitrogens with zero attached hydrogens (tertiary/aromatic N) is 7. The Labute approximate surface area is 158 Å². The maximum Gasteiger partial charge on any atom is 0.147 e. The van der Waals surface area contributed by atoms with E-state index in [0.29, 0.717) is 24.0 Å². The molecule has 7 heteroatoms. The van der Waals surface area contributed by atoms with Crippen molar-refractivity contribution >= 4 is 16.7 Å². The summed E-state index contributed by atoms with van der Waals surface area (Å²) in [5.74, 6) is 0.671. The second-order valence-electron chi connectivity index (χ2n) is 7.24. The maximum absolute atomic E-state index is 9.54. The summed E-state index contributed by atoms with van der Waals surface area (Å²) in [5.41, 5.74) is 2.34. The molecular weight excluding hydrogens is 338 g/mol. The third-order valence-corrected chi connectivity index (χ3v) is 5.20. The third kappa shape index (κ3) is 3.62. The molecule has 1 fully saturated rings. The number of aromatic nitrogens is 4. The van der Waals surface area contributed by atoms with Gasteiger partial charge in [-0.3, -0.25) is 0 Å². The van der Waals surface area contributed by atoms with Gasteiger partial charge in [-0.05, 0) is 45.1 Å². The van der Waals surface area contributed by atoms with Crippen molar-refractivity contribution in [3.8, 4) is 6.07 Å². The fourth-order valence-corrected chi connectivity index (χ4v) is 3.62. The zero-order valence-corrected chi connectivity index (χ0v) is 15.7. The van der Waals surface area contributed by atoms with E-state index in [1.165, 1.54) is 0 Å². The molecule has 0 spiro atoms. The van der Waals surface area contributed by atoms with Gasteiger partial charge >= 0.3 is 0 Å². The topological polar surface area (TPSA) is 73.9 Å². The number of benzene rings is 1. The van der Waals surface area contributed by atoms with E-state index in [1.54, 1.807) is 0 Å². The van der Waals surface area contributed by atoms with E-state index in [1.807, 2.05) is 53.2 Å². The van der Waals surface area contributed by atoms with Gasteiger partial charge in [0.1, 0.15) is 17.6 Å². The van der Waals surface area contributed by atoms with E-state index >= 15 is 0 Å². The summed E-state index contributed by atoms with van der Waals surface area (Å²) >= 11 is 0. The lowest BCUT2D eigenvalue weighted by molar-refractivity contribution is 0.210. The summed E-state index contributed by atoms with van der Waals surface area (Å²) in [5, 5.41) is 19.2. The van der Waals surface area contributed by atoms with Crippen LogP contribution in [0.1, 0.15) is 30.1 Å². The number of hydrogen-bond acceptors (Lipinski definition) is 6. The number of pyridine rings is 1. The average molecular weight is 361 g/mol. The molecule has 0 aliphatic carbocycles. The molecule has 0 amide bonds. The van der Waals surface area contributed by atoms with Crippen molar-refractivity contribution in [2.75, 3.05) is 32.1 Å². The normalized spacial score (nSPS) is 15.7. The number of anilines is 1. The third-order valence-electron chi connectivity index (χ3n) is 5.20. The van der Waals surface area contributed by atoms with Gasteiger partial charge in [0.2, 0.25) is 0 Å². The van der Waals surface area contributed by atoms with Gasteiger partial charge in [0.15, 0.2) is 0 Å². The molecule has 1 aliphatic rings. The van der Waals surface area contributed by atoms with Gasteiger partial charge in [0, 0.05) is 12.4 Å². The van der Waals surface area contributed by atoms with Crippen LogP contribution in [-0.4, -0.2) is 52.1 Å². The van der Waals surface area contributed by atoms with Crippen LogP contribution in [0.25, 0.3) is 10.9 Å². The molecule has 0 saturated carbocycles. The van der Waals surface area contributed by atoms with Gasteiger partial charge in [-0.2, -0.15) is 5.26 Å². The summed E-state index contributed by atoms with van der Waals surface area (Å²) in [6.45, 7) is 2.74. The Balaban J connectivity index is 1.53. The quantitative estimate of drug-likeness (QED) is 0.711. The Bertz CT molecular complexity index is 979. The minimum Gasteiger partial charge on any atom is -0.353 e. The molecule has 138 valence electrons. The van der Waals surface area contributed by atoms with Crippen LogP contribution in [0.2, 0.25) is 0 Å². The number of likely N-dealkylation sites (tertiary alicyclic amines) is 1. The molecular formula is C20H23N7. The van der Waals surface area contributed by atoms with Crippen LogP contribution in [0.3, 0.4) is 0 Å². The monoisotopic (exact) mass is 361 g/mol. The van der Waals surface area contributed by atoms with Crippen LogP contribution in [0.15, 0.2) is 36.5 Å². The number of rotatable bonds is 4. The first-order valence-electron chi connectivity index (χ1n) is 9.24. The molecule has 0 unspecified atom stereocenters. The van der Waals surface area contributed by atoms with Crippen LogP contribution < -0.4 is 4.90 Å². The van der Waals surface area contributed by atoms with Crippen molar-refractivity contribution < 1.29 is 0 Å². The molecule has 2 aromatic heterocycles. The van der Waals surface area contributed by atoms with E-state index in [0.717, 1.165) is 42.5 Å². The van der Waals surface area contributed by atoms with Crippen LogP contribution >= 0.6 is 0 Å². The summed E-state index contributed by atoms with van der Waals surface area (Å²) in [6.07, 6.45) is 4.22. The van der Waals surface area contributed by atoms with Crippen molar-refractivity contribution in [3.63, 3.8) is 0 Å². The molecule has 4 rings (SSSR count). The van der Waals surface area contributed by atoms with Gasteiger partial charge in [-0.1, -0.05) is 23.4 Å². The second-order valence-corrected chi connectivity index (χ2v) is 7.24. The van der Waals surface area contributed by atoms with E-state index in [-0.39, 0.29) is 0 Å². The fourth-order valence-electron chi connectivity index (χ4n) is 3.62. The lowest BCUT2D eigenvalue weighted by Gasteiger charge is -2.28. The van der Waals surface area contributed by atoms with E-state index < -0.39 is 0 Å². The van der Waals surface area contributed by atoms with Crippen molar-refractivity contribution in [1.29, 1.82) is 5.26 Å². The lowest BCUT2D eigenvalue weighted by Crippen LogP contribution is -2.31. The number of piperidine rings is 1. The largest absolute Gasteiger partial charge is 0.353 e. The van der Waals surface area contributed by atoms with Gasteiger partial charge in [-0.25, -0.2) is 9.67 Å². The van der Waals surface area contributed by atoms with Crippen molar-refractivity contribution in [1.82, 2.24) is 24.9 Å². The zero-order chi connectivity index (χ0) is 18.8. The van der Waals surface area contributed by atoms with E-state index in [9.17, 15) is 5.26 Å². The van der Waals surface area contributed by atoms with Gasteiger partial charge in [0.05, 0.1) is 29.9 Å². The minimum absolute atomic E-state index is 0.418. The van der Waals surface area contributed by atoms with Crippen LogP contribution in [0.5, 0.6) is 0 Å². The summed E-state index contributed by atoms with van der Waals surface area (Å²) < 4.78 is 2.00. The summed E-state index contributed by atoms with van der Waals surface area (Å²) in [6, 6.07) is 12.4. The molecule has 7 nitrogen and oxygen atoms in total. The highest BCUT2D eigenvalue weighted by Crippen LogP contribution is 2.24. The molecule has 1 aliphatic heterocycles. The smallest absolute Gasteiger partial charge is 0.147 e.